The minimum Gasteiger partial charge on any atom is -0.493 e. The molecule has 1 aliphatic rings. The Hall–Kier alpha value is -3.83. The predicted octanol–water partition coefficient (Wildman–Crippen LogP) is 2.79. The second kappa shape index (κ2) is 11.0. The van der Waals surface area contributed by atoms with Crippen LogP contribution in [0.25, 0.3) is 6.08 Å². The molecule has 0 aromatic heterocycles. The van der Waals surface area contributed by atoms with Crippen molar-refractivity contribution in [2.75, 3.05) is 45.3 Å². The number of methoxy groups -OCH3 is 1. The number of carbonyl (C=O) groups excluding carboxylic acids is 2. The Morgan fingerprint density at radius 1 is 1.16 bits per heavy atom. The summed E-state index contributed by atoms with van der Waals surface area (Å²) in [5.74, 6) is 0.130. The highest BCUT2D eigenvalue weighted by atomic mass is 16.5. The Morgan fingerprint density at radius 2 is 1.88 bits per heavy atom. The van der Waals surface area contributed by atoms with Crippen molar-refractivity contribution in [3.8, 4) is 17.6 Å². The van der Waals surface area contributed by atoms with Crippen molar-refractivity contribution in [2.45, 2.75) is 6.92 Å². The summed E-state index contributed by atoms with van der Waals surface area (Å²) in [6.07, 6.45) is 1.51. The van der Waals surface area contributed by atoms with E-state index < -0.39 is 0 Å². The Morgan fingerprint density at radius 3 is 2.53 bits per heavy atom. The van der Waals surface area contributed by atoms with Crippen LogP contribution in [0, 0.1) is 18.3 Å². The molecule has 0 spiro atoms. The Balaban J connectivity index is 1.66. The van der Waals surface area contributed by atoms with Crippen LogP contribution in [-0.4, -0.2) is 56.7 Å². The van der Waals surface area contributed by atoms with E-state index in [1.54, 1.807) is 23.1 Å². The quantitative estimate of drug-likeness (QED) is 0.530. The first kappa shape index (κ1) is 22.8. The molecule has 1 fully saturated rings. The minimum atomic E-state index is -0.331. The first-order chi connectivity index (χ1) is 15.5. The average Bonchev–Trinajstić information content (AvgIpc) is 2.83. The summed E-state index contributed by atoms with van der Waals surface area (Å²) in [7, 11) is 1.48. The van der Waals surface area contributed by atoms with Crippen LogP contribution in [0.15, 0.2) is 48.0 Å². The molecule has 1 N–H and O–H groups in total. The van der Waals surface area contributed by atoms with Crippen LogP contribution in [-0.2, 0) is 14.3 Å². The third kappa shape index (κ3) is 6.09. The van der Waals surface area contributed by atoms with E-state index in [2.05, 4.69) is 5.32 Å². The molecule has 1 saturated heterocycles. The van der Waals surface area contributed by atoms with Crippen LogP contribution in [0.1, 0.15) is 11.1 Å². The number of aryl methyl sites for hydroxylation is 1. The second-order valence-corrected chi connectivity index (χ2v) is 7.19. The number of hydrogen-bond donors (Lipinski definition) is 1. The lowest BCUT2D eigenvalue weighted by molar-refractivity contribution is -0.130. The van der Waals surface area contributed by atoms with E-state index in [4.69, 9.17) is 14.2 Å². The van der Waals surface area contributed by atoms with Gasteiger partial charge < -0.3 is 24.4 Å². The molecule has 0 aliphatic carbocycles. The average molecular weight is 435 g/mol. The number of nitriles is 1. The lowest BCUT2D eigenvalue weighted by atomic mass is 10.1. The van der Waals surface area contributed by atoms with E-state index in [1.165, 1.54) is 13.2 Å². The number of amides is 2. The zero-order valence-electron chi connectivity index (χ0n) is 18.1. The minimum absolute atomic E-state index is 0.0279. The van der Waals surface area contributed by atoms with E-state index in [-0.39, 0.29) is 24.0 Å². The zero-order chi connectivity index (χ0) is 22.9. The summed E-state index contributed by atoms with van der Waals surface area (Å²) in [6, 6.07) is 14.4. The highest BCUT2D eigenvalue weighted by molar-refractivity contribution is 6.01. The van der Waals surface area contributed by atoms with Crippen LogP contribution in [0.4, 0.5) is 5.69 Å². The molecular formula is C24H25N3O5. The summed E-state index contributed by atoms with van der Waals surface area (Å²) in [5.41, 5.74) is 2.42. The summed E-state index contributed by atoms with van der Waals surface area (Å²) in [5, 5.41) is 12.2. The van der Waals surface area contributed by atoms with Crippen molar-refractivity contribution in [1.82, 2.24) is 4.90 Å². The lowest BCUT2D eigenvalue weighted by Crippen LogP contribution is -2.41. The first-order valence-electron chi connectivity index (χ1n) is 10.2. The topological polar surface area (TPSA) is 101 Å². The van der Waals surface area contributed by atoms with Gasteiger partial charge in [-0.1, -0.05) is 23.8 Å². The predicted molar refractivity (Wildman–Crippen MR) is 119 cm³/mol. The van der Waals surface area contributed by atoms with Crippen LogP contribution >= 0.6 is 0 Å². The standard InChI is InChI=1S/C24H25N3O5/c1-17-3-6-20(7-4-17)26-23(28)16-32-21-8-5-18(14-22(21)30-2)13-19(15-25)24(29)27-9-11-31-12-10-27/h3-8,13-14H,9-12,16H2,1-2H3,(H,26,28)/b19-13+. The molecule has 2 aromatic carbocycles. The third-order valence-electron chi connectivity index (χ3n) is 4.84. The Kier molecular flexibility index (Phi) is 7.84. The molecule has 1 aliphatic heterocycles. The number of ether oxygens (including phenoxy) is 3. The van der Waals surface area contributed by atoms with Gasteiger partial charge in [-0.2, -0.15) is 5.26 Å². The van der Waals surface area contributed by atoms with Crippen molar-refractivity contribution in [1.29, 1.82) is 5.26 Å². The van der Waals surface area contributed by atoms with Gasteiger partial charge in [0.15, 0.2) is 18.1 Å². The normalized spacial score (nSPS) is 13.8. The van der Waals surface area contributed by atoms with Crippen molar-refractivity contribution in [3.05, 3.63) is 59.2 Å². The number of nitrogens with one attached hydrogen (secondary N) is 1. The van der Waals surface area contributed by atoms with Gasteiger partial charge in [-0.25, -0.2) is 0 Å². The highest BCUT2D eigenvalue weighted by Crippen LogP contribution is 2.29. The van der Waals surface area contributed by atoms with E-state index in [9.17, 15) is 14.9 Å². The highest BCUT2D eigenvalue weighted by Gasteiger charge is 2.20. The molecule has 32 heavy (non-hydrogen) atoms. The number of morpholine rings is 1. The smallest absolute Gasteiger partial charge is 0.264 e. The van der Waals surface area contributed by atoms with E-state index >= 15 is 0 Å². The van der Waals surface area contributed by atoms with Gasteiger partial charge in [-0.3, -0.25) is 9.59 Å². The number of anilines is 1. The van der Waals surface area contributed by atoms with Gasteiger partial charge in [0.25, 0.3) is 11.8 Å². The van der Waals surface area contributed by atoms with Gasteiger partial charge in [0.1, 0.15) is 11.6 Å². The largest absolute Gasteiger partial charge is 0.493 e. The van der Waals surface area contributed by atoms with Crippen molar-refractivity contribution in [2.24, 2.45) is 0 Å². The summed E-state index contributed by atoms with van der Waals surface area (Å²) in [4.78, 5) is 26.4. The maximum absolute atomic E-state index is 12.6. The fourth-order valence-electron chi connectivity index (χ4n) is 3.12. The van der Waals surface area contributed by atoms with Gasteiger partial charge in [0, 0.05) is 18.8 Å². The zero-order valence-corrected chi connectivity index (χ0v) is 18.1. The van der Waals surface area contributed by atoms with Crippen LogP contribution in [0.3, 0.4) is 0 Å². The molecule has 0 saturated carbocycles. The van der Waals surface area contributed by atoms with Gasteiger partial charge in [0.2, 0.25) is 0 Å². The van der Waals surface area contributed by atoms with Crippen LogP contribution < -0.4 is 14.8 Å². The van der Waals surface area contributed by atoms with Crippen molar-refractivity contribution < 1.29 is 23.8 Å². The Bertz CT molecular complexity index is 1030. The third-order valence-corrected chi connectivity index (χ3v) is 4.84. The van der Waals surface area contributed by atoms with Gasteiger partial charge in [-0.15, -0.1) is 0 Å². The molecule has 1 heterocycles. The lowest BCUT2D eigenvalue weighted by Gasteiger charge is -2.26. The first-order valence-corrected chi connectivity index (χ1v) is 10.2. The molecule has 0 atom stereocenters. The summed E-state index contributed by atoms with van der Waals surface area (Å²) >= 11 is 0. The van der Waals surface area contributed by atoms with Crippen molar-refractivity contribution >= 4 is 23.6 Å². The number of rotatable bonds is 7. The molecule has 8 nitrogen and oxygen atoms in total. The van der Waals surface area contributed by atoms with E-state index in [1.807, 2.05) is 37.3 Å². The molecule has 2 amide bonds. The monoisotopic (exact) mass is 435 g/mol. The molecule has 0 radical (unpaired) electrons. The summed E-state index contributed by atoms with van der Waals surface area (Å²) in [6.45, 7) is 3.61. The van der Waals surface area contributed by atoms with Crippen LogP contribution in [0.2, 0.25) is 0 Å². The molecule has 166 valence electrons. The molecular weight excluding hydrogens is 410 g/mol. The molecule has 0 bridgehead atoms. The maximum atomic E-state index is 12.6. The fraction of sp³-hybridized carbons (Fsp3) is 0.292. The second-order valence-electron chi connectivity index (χ2n) is 7.19. The number of benzene rings is 2. The Labute approximate surface area is 187 Å². The molecule has 0 unspecified atom stereocenters. The van der Waals surface area contributed by atoms with Crippen LogP contribution in [0.5, 0.6) is 11.5 Å². The van der Waals surface area contributed by atoms with Gasteiger partial charge in [-0.05, 0) is 42.8 Å². The molecule has 2 aromatic rings. The van der Waals surface area contributed by atoms with E-state index in [0.717, 1.165) is 5.56 Å². The fourth-order valence-corrected chi connectivity index (χ4v) is 3.12. The number of hydrogen-bond acceptors (Lipinski definition) is 6. The van der Waals surface area contributed by atoms with Crippen molar-refractivity contribution in [3.63, 3.8) is 0 Å². The maximum Gasteiger partial charge on any atom is 0.264 e. The van der Waals surface area contributed by atoms with E-state index in [0.29, 0.717) is 49.1 Å². The van der Waals surface area contributed by atoms with Gasteiger partial charge in [0.05, 0.1) is 20.3 Å². The number of carbonyl (C=O) groups is 2. The molecule has 3 rings (SSSR count). The van der Waals surface area contributed by atoms with Gasteiger partial charge >= 0.3 is 0 Å². The number of nitrogens with zero attached hydrogens (tertiary/aromatic N) is 2. The molecule has 8 heteroatoms. The SMILES string of the molecule is COc1cc(/C=C(\C#N)C(=O)N2CCOCC2)ccc1OCC(=O)Nc1ccc(C)cc1. The summed E-state index contributed by atoms with van der Waals surface area (Å²) < 4.78 is 16.2.